The molecule has 154 valence electrons. The Hall–Kier alpha value is -3.30. The van der Waals surface area contributed by atoms with Gasteiger partial charge in [0.25, 0.3) is 5.91 Å². The Labute approximate surface area is 164 Å². The first-order valence-corrected chi connectivity index (χ1v) is 8.59. The van der Waals surface area contributed by atoms with Crippen LogP contribution >= 0.6 is 0 Å². The number of anilines is 1. The Kier molecular flexibility index (Phi) is 5.36. The van der Waals surface area contributed by atoms with Crippen LogP contribution in [0, 0.1) is 13.8 Å². The number of aromatic nitrogens is 3. The van der Waals surface area contributed by atoms with Gasteiger partial charge in [-0.1, -0.05) is 6.07 Å². The Morgan fingerprint density at radius 1 is 1.24 bits per heavy atom. The minimum absolute atomic E-state index is 0.0214. The van der Waals surface area contributed by atoms with Gasteiger partial charge in [-0.05, 0) is 31.5 Å². The van der Waals surface area contributed by atoms with Gasteiger partial charge >= 0.3 is 6.18 Å². The topological polar surface area (TPSA) is 78.3 Å². The zero-order chi connectivity index (χ0) is 21.3. The molecular weight excluding hydrogens is 389 g/mol. The summed E-state index contributed by atoms with van der Waals surface area (Å²) >= 11 is 0. The lowest BCUT2D eigenvalue weighted by molar-refractivity contribution is -0.136. The van der Waals surface area contributed by atoms with E-state index in [0.717, 1.165) is 11.6 Å². The first-order chi connectivity index (χ1) is 13.6. The number of hydrogen-bond acceptors (Lipinski definition) is 5. The van der Waals surface area contributed by atoms with Crippen LogP contribution in [-0.2, 0) is 18.0 Å². The van der Waals surface area contributed by atoms with Gasteiger partial charge in [-0.2, -0.15) is 23.3 Å². The van der Waals surface area contributed by atoms with Crippen LogP contribution < -0.4 is 14.8 Å². The number of halogens is 3. The molecule has 3 rings (SSSR count). The summed E-state index contributed by atoms with van der Waals surface area (Å²) in [7, 11) is 2.95. The van der Waals surface area contributed by atoms with Crippen molar-refractivity contribution in [2.75, 3.05) is 19.0 Å². The lowest BCUT2D eigenvalue weighted by atomic mass is 10.1. The quantitative estimate of drug-likeness (QED) is 0.698. The molecule has 10 heteroatoms. The second-order valence-electron chi connectivity index (χ2n) is 6.45. The number of carbonyl (C=O) groups is 1. The van der Waals surface area contributed by atoms with Crippen molar-refractivity contribution in [1.82, 2.24) is 14.8 Å². The molecule has 2 heterocycles. The molecule has 2 aromatic heterocycles. The molecule has 0 atom stereocenters. The van der Waals surface area contributed by atoms with E-state index in [1.54, 1.807) is 12.1 Å². The maximum atomic E-state index is 13.5. The van der Waals surface area contributed by atoms with Gasteiger partial charge in [-0.15, -0.1) is 0 Å². The highest BCUT2D eigenvalue weighted by Gasteiger charge is 2.35. The largest absolute Gasteiger partial charge is 0.495 e. The number of nitrogens with zero attached hydrogens (tertiary/aromatic N) is 3. The summed E-state index contributed by atoms with van der Waals surface area (Å²) in [5.41, 5.74) is 0.647. The van der Waals surface area contributed by atoms with E-state index >= 15 is 0 Å². The fourth-order valence-electron chi connectivity index (χ4n) is 2.96. The van der Waals surface area contributed by atoms with Crippen molar-refractivity contribution in [2.45, 2.75) is 20.0 Å². The molecule has 0 aliphatic heterocycles. The average molecular weight is 408 g/mol. The fourth-order valence-corrected chi connectivity index (χ4v) is 2.96. The summed E-state index contributed by atoms with van der Waals surface area (Å²) in [6.45, 7) is 2.80. The van der Waals surface area contributed by atoms with Gasteiger partial charge < -0.3 is 14.8 Å². The van der Waals surface area contributed by atoms with Crippen molar-refractivity contribution in [2.24, 2.45) is 7.05 Å². The van der Waals surface area contributed by atoms with Crippen LogP contribution in [0.5, 0.6) is 11.6 Å². The van der Waals surface area contributed by atoms with Crippen molar-refractivity contribution < 1.29 is 27.4 Å². The minimum Gasteiger partial charge on any atom is -0.495 e. The standard InChI is InChI=1S/C19H19F3N4O3/c1-10-5-6-14(28-4)13(7-10)23-15(27)9-29-16-8-12(19(20,21)22)17-11(2)25-26(3)18(17)24-16/h5-8H,9H2,1-4H3,(H,23,27). The van der Waals surface area contributed by atoms with E-state index in [0.29, 0.717) is 11.4 Å². The van der Waals surface area contributed by atoms with E-state index < -0.39 is 24.3 Å². The molecule has 0 spiro atoms. The average Bonchev–Trinajstić information content (AvgIpc) is 2.93. The van der Waals surface area contributed by atoms with Gasteiger partial charge in [0, 0.05) is 13.1 Å². The van der Waals surface area contributed by atoms with E-state index in [2.05, 4.69) is 15.4 Å². The highest BCUT2D eigenvalue weighted by Crippen LogP contribution is 2.37. The van der Waals surface area contributed by atoms with E-state index in [1.165, 1.54) is 25.8 Å². The molecule has 0 radical (unpaired) electrons. The van der Waals surface area contributed by atoms with E-state index in [4.69, 9.17) is 9.47 Å². The predicted molar refractivity (Wildman–Crippen MR) is 100 cm³/mol. The summed E-state index contributed by atoms with van der Waals surface area (Å²) in [5.74, 6) is -0.432. The number of alkyl halides is 3. The Morgan fingerprint density at radius 3 is 2.62 bits per heavy atom. The Morgan fingerprint density at radius 2 is 1.97 bits per heavy atom. The number of nitrogens with one attached hydrogen (secondary N) is 1. The lowest BCUT2D eigenvalue weighted by Gasteiger charge is -2.13. The van der Waals surface area contributed by atoms with Crippen LogP contribution in [-0.4, -0.2) is 34.4 Å². The zero-order valence-corrected chi connectivity index (χ0v) is 16.2. The third-order valence-electron chi connectivity index (χ3n) is 4.23. The molecule has 0 bridgehead atoms. The first kappa shape index (κ1) is 20.4. The molecule has 0 unspecified atom stereocenters. The molecular formula is C19H19F3N4O3. The van der Waals surface area contributed by atoms with E-state index in [9.17, 15) is 18.0 Å². The molecule has 29 heavy (non-hydrogen) atoms. The predicted octanol–water partition coefficient (Wildman–Crippen LogP) is 3.63. The number of benzene rings is 1. The molecule has 0 aliphatic carbocycles. The number of carbonyl (C=O) groups excluding carboxylic acids is 1. The van der Waals surface area contributed by atoms with Crippen molar-refractivity contribution in [3.63, 3.8) is 0 Å². The van der Waals surface area contributed by atoms with Crippen molar-refractivity contribution in [3.05, 3.63) is 41.1 Å². The molecule has 7 nitrogen and oxygen atoms in total. The first-order valence-electron chi connectivity index (χ1n) is 8.59. The highest BCUT2D eigenvalue weighted by molar-refractivity contribution is 5.93. The molecule has 1 aromatic carbocycles. The normalized spacial score (nSPS) is 11.6. The number of rotatable bonds is 5. The summed E-state index contributed by atoms with van der Waals surface area (Å²) in [6.07, 6.45) is -4.62. The van der Waals surface area contributed by atoms with Gasteiger partial charge in [-0.3, -0.25) is 9.48 Å². The molecule has 0 aliphatic rings. The second-order valence-corrected chi connectivity index (χ2v) is 6.45. The summed E-state index contributed by atoms with van der Waals surface area (Å²) < 4.78 is 52.1. The summed E-state index contributed by atoms with van der Waals surface area (Å²) in [6, 6.07) is 6.00. The van der Waals surface area contributed by atoms with Crippen LogP contribution in [0.2, 0.25) is 0 Å². The van der Waals surface area contributed by atoms with E-state index in [1.807, 2.05) is 13.0 Å². The number of ether oxygens (including phenoxy) is 2. The van der Waals surface area contributed by atoms with Gasteiger partial charge in [0.05, 0.1) is 29.4 Å². The third kappa shape index (κ3) is 4.25. The maximum absolute atomic E-state index is 13.5. The van der Waals surface area contributed by atoms with Crippen molar-refractivity contribution in [3.8, 4) is 11.6 Å². The monoisotopic (exact) mass is 408 g/mol. The molecule has 0 fully saturated rings. The van der Waals surface area contributed by atoms with Gasteiger partial charge in [-0.25, -0.2) is 0 Å². The van der Waals surface area contributed by atoms with Crippen LogP contribution in [0.3, 0.4) is 0 Å². The molecule has 0 saturated heterocycles. The number of hydrogen-bond donors (Lipinski definition) is 1. The third-order valence-corrected chi connectivity index (χ3v) is 4.23. The van der Waals surface area contributed by atoms with Gasteiger partial charge in [0.15, 0.2) is 12.3 Å². The van der Waals surface area contributed by atoms with E-state index in [-0.39, 0.29) is 22.6 Å². The number of amides is 1. The SMILES string of the molecule is COc1ccc(C)cc1NC(=O)COc1cc(C(F)(F)F)c2c(C)nn(C)c2n1. The second kappa shape index (κ2) is 7.61. The van der Waals surface area contributed by atoms with Gasteiger partial charge in [0.1, 0.15) is 5.75 Å². The fraction of sp³-hybridized carbons (Fsp3) is 0.316. The zero-order valence-electron chi connectivity index (χ0n) is 16.2. The lowest BCUT2D eigenvalue weighted by Crippen LogP contribution is -2.21. The number of methoxy groups -OCH3 is 1. The summed E-state index contributed by atoms with van der Waals surface area (Å²) in [4.78, 5) is 16.3. The number of fused-ring (bicyclic) bond motifs is 1. The Bertz CT molecular complexity index is 1080. The molecule has 3 aromatic rings. The van der Waals surface area contributed by atoms with Crippen LogP contribution in [0.4, 0.5) is 18.9 Å². The number of aryl methyl sites for hydroxylation is 3. The van der Waals surface area contributed by atoms with Crippen molar-refractivity contribution in [1.29, 1.82) is 0 Å². The Balaban J connectivity index is 1.83. The number of pyridine rings is 1. The van der Waals surface area contributed by atoms with Gasteiger partial charge in [0.2, 0.25) is 5.88 Å². The van der Waals surface area contributed by atoms with Crippen LogP contribution in [0.25, 0.3) is 11.0 Å². The maximum Gasteiger partial charge on any atom is 0.417 e. The molecule has 1 amide bonds. The smallest absolute Gasteiger partial charge is 0.417 e. The molecule has 0 saturated carbocycles. The highest BCUT2D eigenvalue weighted by atomic mass is 19.4. The van der Waals surface area contributed by atoms with Crippen LogP contribution in [0.1, 0.15) is 16.8 Å². The molecule has 1 N–H and O–H groups in total. The van der Waals surface area contributed by atoms with Crippen molar-refractivity contribution >= 4 is 22.6 Å². The minimum atomic E-state index is -4.62. The van der Waals surface area contributed by atoms with Crippen LogP contribution in [0.15, 0.2) is 24.3 Å². The summed E-state index contributed by atoms with van der Waals surface area (Å²) in [5, 5.41) is 6.51.